The number of aryl methyl sites for hydroxylation is 1. The lowest BCUT2D eigenvalue weighted by Gasteiger charge is -1.98. The van der Waals surface area contributed by atoms with Gasteiger partial charge in [0.25, 0.3) is 0 Å². The highest BCUT2D eigenvalue weighted by Gasteiger charge is 2.08. The van der Waals surface area contributed by atoms with Crippen LogP contribution in [0.15, 0.2) is 24.3 Å². The number of benzene rings is 1. The van der Waals surface area contributed by atoms with E-state index in [9.17, 15) is 0 Å². The van der Waals surface area contributed by atoms with Crippen LogP contribution in [0.3, 0.4) is 0 Å². The molecule has 0 aliphatic heterocycles. The van der Waals surface area contributed by atoms with Crippen molar-refractivity contribution in [3.63, 3.8) is 0 Å². The summed E-state index contributed by atoms with van der Waals surface area (Å²) in [4.78, 5) is 0. The van der Waals surface area contributed by atoms with Crippen LogP contribution >= 0.6 is 11.3 Å². The Hall–Kier alpha value is -1.26. The maximum absolute atomic E-state index is 5.75. The quantitative estimate of drug-likeness (QED) is 0.886. The smallest absolute Gasteiger partial charge is 0.133 e. The standard InChI is InChI=1S/C12H15N3S/c1-8-4-3-5-10(6-8)7-11-14-15-12(16-11)9(2)13/h3-6,9H,7,13H2,1-2H3. The van der Waals surface area contributed by atoms with Gasteiger partial charge in [0.1, 0.15) is 10.0 Å². The maximum atomic E-state index is 5.75. The van der Waals surface area contributed by atoms with Crippen molar-refractivity contribution in [2.45, 2.75) is 26.3 Å². The lowest BCUT2D eigenvalue weighted by Crippen LogP contribution is -2.03. The van der Waals surface area contributed by atoms with Gasteiger partial charge in [-0.05, 0) is 19.4 Å². The highest BCUT2D eigenvalue weighted by atomic mass is 32.1. The Kier molecular flexibility index (Phi) is 3.31. The summed E-state index contributed by atoms with van der Waals surface area (Å²) in [7, 11) is 0. The van der Waals surface area contributed by atoms with Gasteiger partial charge in [0.2, 0.25) is 0 Å². The lowest BCUT2D eigenvalue weighted by atomic mass is 10.1. The van der Waals surface area contributed by atoms with Gasteiger partial charge in [-0.3, -0.25) is 0 Å². The Labute approximate surface area is 99.3 Å². The van der Waals surface area contributed by atoms with Crippen LogP contribution in [0.5, 0.6) is 0 Å². The molecule has 2 aromatic rings. The summed E-state index contributed by atoms with van der Waals surface area (Å²) in [6.45, 7) is 4.02. The van der Waals surface area contributed by atoms with Gasteiger partial charge in [0, 0.05) is 6.42 Å². The second-order valence-electron chi connectivity index (χ2n) is 3.99. The van der Waals surface area contributed by atoms with Crippen LogP contribution in [0.2, 0.25) is 0 Å². The number of aromatic nitrogens is 2. The molecule has 0 radical (unpaired) electrons. The molecule has 0 fully saturated rings. The molecule has 0 amide bonds. The number of nitrogens with zero attached hydrogens (tertiary/aromatic N) is 2. The first-order chi connectivity index (χ1) is 7.65. The van der Waals surface area contributed by atoms with Crippen molar-refractivity contribution in [3.05, 3.63) is 45.4 Å². The third-order valence-electron chi connectivity index (χ3n) is 2.31. The van der Waals surface area contributed by atoms with E-state index in [1.54, 1.807) is 11.3 Å². The van der Waals surface area contributed by atoms with Crippen molar-refractivity contribution in [1.82, 2.24) is 10.2 Å². The number of hydrogen-bond acceptors (Lipinski definition) is 4. The summed E-state index contributed by atoms with van der Waals surface area (Å²) < 4.78 is 0. The van der Waals surface area contributed by atoms with Crippen LogP contribution in [0.4, 0.5) is 0 Å². The minimum atomic E-state index is -0.0243. The molecule has 0 aliphatic carbocycles. The molecule has 0 saturated heterocycles. The third-order valence-corrected chi connectivity index (χ3v) is 3.43. The summed E-state index contributed by atoms with van der Waals surface area (Å²) in [6, 6.07) is 8.42. The monoisotopic (exact) mass is 233 g/mol. The predicted octanol–water partition coefficient (Wildman–Crippen LogP) is 2.46. The number of nitrogens with two attached hydrogens (primary N) is 1. The molecular formula is C12H15N3S. The Balaban J connectivity index is 2.14. The van der Waals surface area contributed by atoms with Gasteiger partial charge in [-0.1, -0.05) is 41.2 Å². The summed E-state index contributed by atoms with van der Waals surface area (Å²) in [5, 5.41) is 10.2. The minimum Gasteiger partial charge on any atom is -0.322 e. The van der Waals surface area contributed by atoms with Crippen LogP contribution in [-0.4, -0.2) is 10.2 Å². The molecule has 4 heteroatoms. The van der Waals surface area contributed by atoms with Crippen LogP contribution in [0.25, 0.3) is 0 Å². The van der Waals surface area contributed by atoms with Gasteiger partial charge < -0.3 is 5.73 Å². The molecule has 0 aliphatic rings. The first kappa shape index (κ1) is 11.2. The fraction of sp³-hybridized carbons (Fsp3) is 0.333. The predicted molar refractivity (Wildman–Crippen MR) is 66.5 cm³/mol. The van der Waals surface area contributed by atoms with E-state index in [2.05, 4.69) is 41.4 Å². The molecule has 1 aromatic heterocycles. The van der Waals surface area contributed by atoms with Gasteiger partial charge in [0.05, 0.1) is 6.04 Å². The van der Waals surface area contributed by atoms with E-state index >= 15 is 0 Å². The van der Waals surface area contributed by atoms with E-state index in [4.69, 9.17) is 5.73 Å². The first-order valence-corrected chi connectivity index (χ1v) is 6.10. The summed E-state index contributed by atoms with van der Waals surface area (Å²) >= 11 is 1.59. The molecule has 3 nitrogen and oxygen atoms in total. The highest BCUT2D eigenvalue weighted by Crippen LogP contribution is 2.18. The van der Waals surface area contributed by atoms with Crippen molar-refractivity contribution >= 4 is 11.3 Å². The molecular weight excluding hydrogens is 218 g/mol. The number of rotatable bonds is 3. The molecule has 0 spiro atoms. The second-order valence-corrected chi connectivity index (χ2v) is 5.08. The fourth-order valence-electron chi connectivity index (χ4n) is 1.52. The SMILES string of the molecule is Cc1cccc(Cc2nnc(C(C)N)s2)c1. The van der Waals surface area contributed by atoms with E-state index in [-0.39, 0.29) is 6.04 Å². The molecule has 2 N–H and O–H groups in total. The van der Waals surface area contributed by atoms with Gasteiger partial charge in [-0.25, -0.2) is 0 Å². The summed E-state index contributed by atoms with van der Waals surface area (Å²) in [5.74, 6) is 0. The molecule has 1 aromatic carbocycles. The maximum Gasteiger partial charge on any atom is 0.133 e. The molecule has 1 atom stereocenters. The zero-order chi connectivity index (χ0) is 11.5. The zero-order valence-electron chi connectivity index (χ0n) is 9.47. The Bertz CT molecular complexity index is 477. The Morgan fingerprint density at radius 2 is 2.19 bits per heavy atom. The van der Waals surface area contributed by atoms with Gasteiger partial charge in [-0.15, -0.1) is 10.2 Å². The van der Waals surface area contributed by atoms with Crippen LogP contribution in [0, 0.1) is 6.92 Å². The van der Waals surface area contributed by atoms with Gasteiger partial charge in [0.15, 0.2) is 0 Å². The summed E-state index contributed by atoms with van der Waals surface area (Å²) in [5.41, 5.74) is 8.30. The minimum absolute atomic E-state index is 0.0243. The van der Waals surface area contributed by atoms with E-state index in [1.807, 2.05) is 6.92 Å². The Morgan fingerprint density at radius 1 is 1.38 bits per heavy atom. The van der Waals surface area contributed by atoms with Crippen molar-refractivity contribution in [3.8, 4) is 0 Å². The fourth-order valence-corrected chi connectivity index (χ4v) is 2.35. The summed E-state index contributed by atoms with van der Waals surface area (Å²) in [6.07, 6.45) is 0.839. The molecule has 1 unspecified atom stereocenters. The molecule has 2 rings (SSSR count). The second kappa shape index (κ2) is 4.72. The van der Waals surface area contributed by atoms with Crippen molar-refractivity contribution in [2.24, 2.45) is 5.73 Å². The van der Waals surface area contributed by atoms with Crippen molar-refractivity contribution in [2.75, 3.05) is 0 Å². The molecule has 16 heavy (non-hydrogen) atoms. The van der Waals surface area contributed by atoms with E-state index < -0.39 is 0 Å². The zero-order valence-corrected chi connectivity index (χ0v) is 10.3. The van der Waals surface area contributed by atoms with E-state index in [0.29, 0.717) is 0 Å². The lowest BCUT2D eigenvalue weighted by molar-refractivity contribution is 0.782. The van der Waals surface area contributed by atoms with E-state index in [1.165, 1.54) is 11.1 Å². The average Bonchev–Trinajstić information content (AvgIpc) is 2.66. The molecule has 0 bridgehead atoms. The molecule has 1 heterocycles. The van der Waals surface area contributed by atoms with Crippen LogP contribution in [0.1, 0.15) is 34.1 Å². The van der Waals surface area contributed by atoms with Crippen molar-refractivity contribution < 1.29 is 0 Å². The molecule has 0 saturated carbocycles. The van der Waals surface area contributed by atoms with Gasteiger partial charge in [-0.2, -0.15) is 0 Å². The topological polar surface area (TPSA) is 51.8 Å². The Morgan fingerprint density at radius 3 is 2.81 bits per heavy atom. The third kappa shape index (κ3) is 2.65. The molecule has 84 valence electrons. The van der Waals surface area contributed by atoms with Crippen molar-refractivity contribution in [1.29, 1.82) is 0 Å². The highest BCUT2D eigenvalue weighted by molar-refractivity contribution is 7.11. The van der Waals surface area contributed by atoms with E-state index in [0.717, 1.165) is 16.4 Å². The average molecular weight is 233 g/mol. The first-order valence-electron chi connectivity index (χ1n) is 5.28. The van der Waals surface area contributed by atoms with Crippen LogP contribution in [-0.2, 0) is 6.42 Å². The normalized spacial score (nSPS) is 12.7. The number of hydrogen-bond donors (Lipinski definition) is 1. The van der Waals surface area contributed by atoms with Crippen LogP contribution < -0.4 is 5.73 Å². The largest absolute Gasteiger partial charge is 0.322 e. The van der Waals surface area contributed by atoms with Gasteiger partial charge >= 0.3 is 0 Å².